The number of carbonyl (C=O) groups is 1. The van der Waals surface area contributed by atoms with Crippen LogP contribution in [0.4, 0.5) is 0 Å². The Hall–Kier alpha value is -2.54. The van der Waals surface area contributed by atoms with Gasteiger partial charge in [-0.15, -0.1) is 0 Å². The average Bonchev–Trinajstić information content (AvgIpc) is 3.23. The number of benzene rings is 1. The van der Waals surface area contributed by atoms with E-state index in [2.05, 4.69) is 23.4 Å². The molecule has 1 amide bonds. The number of aromatic nitrogens is 2. The zero-order valence-corrected chi connectivity index (χ0v) is 15.8. The van der Waals surface area contributed by atoms with E-state index in [0.717, 1.165) is 61.7 Å². The van der Waals surface area contributed by atoms with Crippen molar-refractivity contribution in [1.82, 2.24) is 15.1 Å². The molecule has 27 heavy (non-hydrogen) atoms. The topological polar surface area (TPSA) is 91.4 Å². The first-order valence-corrected chi connectivity index (χ1v) is 9.46. The standard InChI is InChI=1S/C20H26N4O3/c1-12-5-14-7-16(26-2)8-15(19(14)27-12)10-22-9-13-3-4-24-18(6-13)17(11-23-24)20(21)25/h7-8,11-13,22H,3-6,9-10H2,1-2H3,(H2,21,25)/t12-,13-/m1/s1. The van der Waals surface area contributed by atoms with E-state index in [1.807, 2.05) is 10.7 Å². The number of hydrogen-bond donors (Lipinski definition) is 2. The first-order valence-electron chi connectivity index (χ1n) is 9.46. The monoisotopic (exact) mass is 370 g/mol. The fourth-order valence-corrected chi connectivity index (χ4v) is 4.12. The SMILES string of the molecule is COc1cc(CNC[C@@H]2CCn3ncc(C(N)=O)c3C2)c2c(c1)C[C@@H](C)O2. The zero-order valence-electron chi connectivity index (χ0n) is 15.8. The molecular weight excluding hydrogens is 344 g/mol. The summed E-state index contributed by atoms with van der Waals surface area (Å²) in [6.45, 7) is 4.50. The highest BCUT2D eigenvalue weighted by Crippen LogP contribution is 2.36. The van der Waals surface area contributed by atoms with Gasteiger partial charge in [0.2, 0.25) is 0 Å². The van der Waals surface area contributed by atoms with Crippen LogP contribution < -0.4 is 20.5 Å². The lowest BCUT2D eigenvalue weighted by Gasteiger charge is -2.24. The number of fused-ring (bicyclic) bond motifs is 2. The van der Waals surface area contributed by atoms with Crippen LogP contribution in [0.5, 0.6) is 11.5 Å². The predicted octanol–water partition coefficient (Wildman–Crippen LogP) is 1.67. The number of nitrogens with two attached hydrogens (primary N) is 1. The average molecular weight is 370 g/mol. The van der Waals surface area contributed by atoms with Crippen LogP contribution in [0.3, 0.4) is 0 Å². The first-order chi connectivity index (χ1) is 13.0. The van der Waals surface area contributed by atoms with Gasteiger partial charge in [-0.1, -0.05) is 0 Å². The fourth-order valence-electron chi connectivity index (χ4n) is 4.12. The quantitative estimate of drug-likeness (QED) is 0.807. The Bertz CT molecular complexity index is 861. The van der Waals surface area contributed by atoms with Crippen molar-refractivity contribution < 1.29 is 14.3 Å². The van der Waals surface area contributed by atoms with Gasteiger partial charge in [0.1, 0.15) is 17.6 Å². The van der Waals surface area contributed by atoms with Crippen LogP contribution in [-0.2, 0) is 25.9 Å². The number of ether oxygens (including phenoxy) is 2. The number of primary amides is 1. The molecule has 3 heterocycles. The van der Waals surface area contributed by atoms with Gasteiger partial charge in [0.25, 0.3) is 5.91 Å². The normalized spacial score (nSPS) is 20.7. The Kier molecular flexibility index (Phi) is 4.78. The molecule has 1 aromatic carbocycles. The van der Waals surface area contributed by atoms with Crippen molar-refractivity contribution in [2.24, 2.45) is 11.7 Å². The summed E-state index contributed by atoms with van der Waals surface area (Å²) in [5.41, 5.74) is 9.31. The molecule has 0 spiro atoms. The maximum Gasteiger partial charge on any atom is 0.252 e. The molecule has 0 radical (unpaired) electrons. The number of nitrogens with one attached hydrogen (secondary N) is 1. The van der Waals surface area contributed by atoms with Crippen molar-refractivity contribution in [3.8, 4) is 11.5 Å². The molecular formula is C20H26N4O3. The highest BCUT2D eigenvalue weighted by Gasteiger charge is 2.25. The third-order valence-corrected chi connectivity index (χ3v) is 5.47. The predicted molar refractivity (Wildman–Crippen MR) is 101 cm³/mol. The molecule has 4 rings (SSSR count). The molecule has 2 aliphatic heterocycles. The van der Waals surface area contributed by atoms with Crippen molar-refractivity contribution in [2.45, 2.75) is 45.4 Å². The number of nitrogens with zero attached hydrogens (tertiary/aromatic N) is 2. The van der Waals surface area contributed by atoms with E-state index in [-0.39, 0.29) is 6.10 Å². The van der Waals surface area contributed by atoms with Crippen molar-refractivity contribution in [3.05, 3.63) is 40.7 Å². The molecule has 1 aromatic heterocycles. The maximum absolute atomic E-state index is 11.6. The number of carbonyl (C=O) groups excluding carboxylic acids is 1. The van der Waals surface area contributed by atoms with Gasteiger partial charge >= 0.3 is 0 Å². The van der Waals surface area contributed by atoms with Crippen molar-refractivity contribution in [2.75, 3.05) is 13.7 Å². The largest absolute Gasteiger partial charge is 0.497 e. The van der Waals surface area contributed by atoms with E-state index in [1.165, 1.54) is 5.56 Å². The first kappa shape index (κ1) is 17.9. The smallest absolute Gasteiger partial charge is 0.252 e. The second kappa shape index (κ2) is 7.23. The van der Waals surface area contributed by atoms with Gasteiger partial charge in [0, 0.05) is 30.6 Å². The molecule has 7 heteroatoms. The summed E-state index contributed by atoms with van der Waals surface area (Å²) in [5.74, 6) is 1.92. The number of methoxy groups -OCH3 is 1. The van der Waals surface area contributed by atoms with Gasteiger partial charge in [-0.3, -0.25) is 9.48 Å². The minimum absolute atomic E-state index is 0.205. The lowest BCUT2D eigenvalue weighted by Crippen LogP contribution is -2.30. The molecule has 2 atom stereocenters. The van der Waals surface area contributed by atoms with E-state index in [9.17, 15) is 4.79 Å². The molecule has 0 fully saturated rings. The molecule has 0 unspecified atom stereocenters. The van der Waals surface area contributed by atoms with E-state index in [4.69, 9.17) is 15.2 Å². The van der Waals surface area contributed by atoms with Gasteiger partial charge in [0.15, 0.2) is 0 Å². The van der Waals surface area contributed by atoms with E-state index in [1.54, 1.807) is 13.3 Å². The summed E-state index contributed by atoms with van der Waals surface area (Å²) in [6, 6.07) is 4.11. The van der Waals surface area contributed by atoms with E-state index >= 15 is 0 Å². The van der Waals surface area contributed by atoms with Crippen LogP contribution in [0.25, 0.3) is 0 Å². The van der Waals surface area contributed by atoms with Crippen LogP contribution in [-0.4, -0.2) is 35.4 Å². The molecule has 7 nitrogen and oxygen atoms in total. The lowest BCUT2D eigenvalue weighted by molar-refractivity contribution is 0.0998. The molecule has 0 aliphatic carbocycles. The van der Waals surface area contributed by atoms with Crippen molar-refractivity contribution in [1.29, 1.82) is 0 Å². The Labute approximate surface area is 158 Å². The van der Waals surface area contributed by atoms with Gasteiger partial charge in [-0.25, -0.2) is 0 Å². The maximum atomic E-state index is 11.6. The highest BCUT2D eigenvalue weighted by atomic mass is 16.5. The minimum Gasteiger partial charge on any atom is -0.497 e. The molecule has 3 N–H and O–H groups in total. The number of hydrogen-bond acceptors (Lipinski definition) is 5. The van der Waals surface area contributed by atoms with Gasteiger partial charge < -0.3 is 20.5 Å². The Morgan fingerprint density at radius 2 is 2.30 bits per heavy atom. The van der Waals surface area contributed by atoms with Gasteiger partial charge in [-0.05, 0) is 44.4 Å². The Morgan fingerprint density at radius 3 is 3.07 bits per heavy atom. The lowest BCUT2D eigenvalue weighted by atomic mass is 9.94. The van der Waals surface area contributed by atoms with Crippen LogP contribution >= 0.6 is 0 Å². The Morgan fingerprint density at radius 1 is 1.44 bits per heavy atom. The molecule has 0 saturated carbocycles. The second-order valence-corrected chi connectivity index (χ2v) is 7.49. The minimum atomic E-state index is -0.400. The molecule has 144 valence electrons. The number of rotatable bonds is 6. The molecule has 0 bridgehead atoms. The summed E-state index contributed by atoms with van der Waals surface area (Å²) in [7, 11) is 1.69. The zero-order chi connectivity index (χ0) is 19.0. The van der Waals surface area contributed by atoms with Gasteiger partial charge in [0.05, 0.1) is 24.6 Å². The van der Waals surface area contributed by atoms with Crippen LogP contribution in [0.1, 0.15) is 40.5 Å². The third-order valence-electron chi connectivity index (χ3n) is 5.47. The second-order valence-electron chi connectivity index (χ2n) is 7.49. The third kappa shape index (κ3) is 3.51. The fraction of sp³-hybridized carbons (Fsp3) is 0.500. The summed E-state index contributed by atoms with van der Waals surface area (Å²) in [4.78, 5) is 11.6. The highest BCUT2D eigenvalue weighted by molar-refractivity contribution is 5.93. The number of amides is 1. The van der Waals surface area contributed by atoms with Crippen LogP contribution in [0, 0.1) is 5.92 Å². The molecule has 0 saturated heterocycles. The van der Waals surface area contributed by atoms with Gasteiger partial charge in [-0.2, -0.15) is 5.10 Å². The van der Waals surface area contributed by atoms with Crippen molar-refractivity contribution in [3.63, 3.8) is 0 Å². The summed E-state index contributed by atoms with van der Waals surface area (Å²) in [5, 5.41) is 7.83. The van der Waals surface area contributed by atoms with Crippen molar-refractivity contribution >= 4 is 5.91 Å². The summed E-state index contributed by atoms with van der Waals surface area (Å²) in [6.07, 6.45) is 4.56. The summed E-state index contributed by atoms with van der Waals surface area (Å²) >= 11 is 0. The molecule has 2 aliphatic rings. The Balaban J connectivity index is 1.40. The van der Waals surface area contributed by atoms with E-state index in [0.29, 0.717) is 11.5 Å². The molecule has 2 aromatic rings. The summed E-state index contributed by atoms with van der Waals surface area (Å²) < 4.78 is 13.3. The van der Waals surface area contributed by atoms with Crippen LogP contribution in [0.15, 0.2) is 18.3 Å². The number of aryl methyl sites for hydroxylation is 1. The van der Waals surface area contributed by atoms with Crippen LogP contribution in [0.2, 0.25) is 0 Å². The van der Waals surface area contributed by atoms with E-state index < -0.39 is 5.91 Å².